The maximum atomic E-state index is 4.19. The molecule has 0 spiro atoms. The van der Waals surface area contributed by atoms with Gasteiger partial charge in [0.25, 0.3) is 0 Å². The van der Waals surface area contributed by atoms with Crippen LogP contribution in [0.2, 0.25) is 0 Å². The normalized spacial score (nSPS) is 11.0. The minimum Gasteiger partial charge on any atom is -0.351 e. The molecule has 0 saturated heterocycles. The van der Waals surface area contributed by atoms with Gasteiger partial charge in [-0.1, -0.05) is 6.07 Å². The number of hydrogen-bond acceptors (Lipinski definition) is 2. The van der Waals surface area contributed by atoms with Crippen LogP contribution in [-0.4, -0.2) is 9.55 Å². The molecule has 0 aliphatic heterocycles. The number of rotatable bonds is 1. The van der Waals surface area contributed by atoms with Crippen LogP contribution in [0.4, 0.5) is 0 Å². The number of benzene rings is 1. The van der Waals surface area contributed by atoms with E-state index in [0.29, 0.717) is 0 Å². The lowest BCUT2D eigenvalue weighted by atomic mass is 10.1. The van der Waals surface area contributed by atoms with Crippen molar-refractivity contribution in [2.24, 2.45) is 7.05 Å². The summed E-state index contributed by atoms with van der Waals surface area (Å²) in [4.78, 5) is 4.19. The van der Waals surface area contributed by atoms with Gasteiger partial charge in [-0.05, 0) is 18.2 Å². The molecule has 0 fully saturated rings. The highest BCUT2D eigenvalue weighted by Crippen LogP contribution is 2.24. The Bertz CT molecular complexity index is 593. The first-order valence-corrected chi connectivity index (χ1v) is 5.59. The van der Waals surface area contributed by atoms with E-state index in [-0.39, 0.29) is 0 Å². The second-order valence-electron chi connectivity index (χ2n) is 3.52. The molecule has 0 aliphatic carbocycles. The molecule has 1 radical (unpaired) electrons. The molecule has 0 atom stereocenters. The monoisotopic (exact) mass is 213 g/mol. The predicted octanol–water partition coefficient (Wildman–Crippen LogP) is 3.10. The number of hydrogen-bond donors (Lipinski definition) is 0. The van der Waals surface area contributed by atoms with Gasteiger partial charge in [0, 0.05) is 35.1 Å². The van der Waals surface area contributed by atoms with E-state index in [1.54, 1.807) is 0 Å². The van der Waals surface area contributed by atoms with Crippen LogP contribution in [0.5, 0.6) is 0 Å². The molecule has 0 unspecified atom stereocenters. The van der Waals surface area contributed by atoms with Crippen molar-refractivity contribution in [1.29, 1.82) is 0 Å². The Morgan fingerprint density at radius 2 is 2.27 bits per heavy atom. The van der Waals surface area contributed by atoms with E-state index in [4.69, 9.17) is 0 Å². The summed E-state index contributed by atoms with van der Waals surface area (Å²) in [5, 5.41) is 3.27. The largest absolute Gasteiger partial charge is 0.351 e. The van der Waals surface area contributed by atoms with Crippen molar-refractivity contribution in [3.63, 3.8) is 0 Å². The quantitative estimate of drug-likeness (QED) is 0.607. The van der Waals surface area contributed by atoms with Crippen LogP contribution in [0.1, 0.15) is 0 Å². The molecule has 2 heterocycles. The van der Waals surface area contributed by atoms with E-state index in [1.165, 1.54) is 22.2 Å². The van der Waals surface area contributed by atoms with Crippen LogP contribution in [0.15, 0.2) is 35.8 Å². The predicted molar refractivity (Wildman–Crippen MR) is 62.9 cm³/mol. The van der Waals surface area contributed by atoms with E-state index >= 15 is 0 Å². The first-order valence-electron chi connectivity index (χ1n) is 4.71. The Hall–Kier alpha value is -1.61. The third-order valence-electron chi connectivity index (χ3n) is 2.57. The molecule has 0 N–H and O–H groups in total. The molecule has 73 valence electrons. The Kier molecular flexibility index (Phi) is 1.86. The van der Waals surface area contributed by atoms with E-state index in [2.05, 4.69) is 52.6 Å². The summed E-state index contributed by atoms with van der Waals surface area (Å²) in [6, 6.07) is 8.52. The summed E-state index contributed by atoms with van der Waals surface area (Å²) < 4.78 is 2.12. The highest BCUT2D eigenvalue weighted by Gasteiger charge is 2.02. The fourth-order valence-corrected chi connectivity index (χ4v) is 2.26. The number of aromatic nitrogens is 2. The lowest BCUT2D eigenvalue weighted by molar-refractivity contribution is 0.969. The Balaban J connectivity index is 2.23. The van der Waals surface area contributed by atoms with Crippen LogP contribution < -0.4 is 0 Å². The molecular weight excluding hydrogens is 204 g/mol. The SMILES string of the molecule is Cn1ccc2cc(-c3cs[c]n3)ccc21. The average molecular weight is 213 g/mol. The van der Waals surface area contributed by atoms with Gasteiger partial charge in [0.1, 0.15) is 0 Å². The minimum absolute atomic E-state index is 1.01. The Labute approximate surface area is 91.8 Å². The summed E-state index contributed by atoms with van der Waals surface area (Å²) in [6.07, 6.45) is 2.07. The maximum Gasteiger partial charge on any atom is 0.152 e. The summed E-state index contributed by atoms with van der Waals surface area (Å²) in [7, 11) is 2.05. The minimum atomic E-state index is 1.01. The second kappa shape index (κ2) is 3.21. The van der Waals surface area contributed by atoms with Gasteiger partial charge in [0.05, 0.1) is 5.69 Å². The molecule has 3 aromatic rings. The van der Waals surface area contributed by atoms with Crippen molar-refractivity contribution in [3.8, 4) is 11.3 Å². The van der Waals surface area contributed by atoms with Crippen molar-refractivity contribution in [3.05, 3.63) is 41.4 Å². The molecular formula is C12H9N2S. The van der Waals surface area contributed by atoms with Crippen LogP contribution in [0, 0.1) is 5.51 Å². The van der Waals surface area contributed by atoms with Gasteiger partial charge in [0.15, 0.2) is 5.51 Å². The highest BCUT2D eigenvalue weighted by molar-refractivity contribution is 7.07. The van der Waals surface area contributed by atoms with Gasteiger partial charge in [0.2, 0.25) is 0 Å². The zero-order chi connectivity index (χ0) is 10.3. The fraction of sp³-hybridized carbons (Fsp3) is 0.0833. The first kappa shape index (κ1) is 8.68. The topological polar surface area (TPSA) is 17.8 Å². The van der Waals surface area contributed by atoms with Gasteiger partial charge in [-0.2, -0.15) is 0 Å². The van der Waals surface area contributed by atoms with Crippen LogP contribution >= 0.6 is 11.3 Å². The molecule has 0 bridgehead atoms. The Morgan fingerprint density at radius 1 is 1.33 bits per heavy atom. The molecule has 15 heavy (non-hydrogen) atoms. The average Bonchev–Trinajstić information content (AvgIpc) is 2.88. The van der Waals surface area contributed by atoms with Crippen molar-refractivity contribution in [2.45, 2.75) is 0 Å². The van der Waals surface area contributed by atoms with E-state index in [9.17, 15) is 0 Å². The summed E-state index contributed by atoms with van der Waals surface area (Å²) >= 11 is 1.50. The summed E-state index contributed by atoms with van der Waals surface area (Å²) in [5.74, 6) is 0. The molecule has 1 aromatic carbocycles. The molecule has 2 nitrogen and oxygen atoms in total. The van der Waals surface area contributed by atoms with Gasteiger partial charge >= 0.3 is 0 Å². The third-order valence-corrected chi connectivity index (χ3v) is 3.11. The third kappa shape index (κ3) is 1.36. The fourth-order valence-electron chi connectivity index (χ4n) is 1.76. The van der Waals surface area contributed by atoms with Crippen LogP contribution in [-0.2, 0) is 7.05 Å². The highest BCUT2D eigenvalue weighted by atomic mass is 32.1. The number of aryl methyl sites for hydroxylation is 1. The maximum absolute atomic E-state index is 4.19. The summed E-state index contributed by atoms with van der Waals surface area (Å²) in [6.45, 7) is 0. The van der Waals surface area contributed by atoms with Crippen LogP contribution in [0.3, 0.4) is 0 Å². The van der Waals surface area contributed by atoms with E-state index < -0.39 is 0 Å². The summed E-state index contributed by atoms with van der Waals surface area (Å²) in [5.41, 5.74) is 6.28. The Morgan fingerprint density at radius 3 is 3.07 bits per heavy atom. The molecule has 3 rings (SSSR count). The first-order chi connectivity index (χ1) is 7.34. The lowest BCUT2D eigenvalue weighted by Crippen LogP contribution is -1.83. The number of thiazole rings is 1. The number of fused-ring (bicyclic) bond motifs is 1. The van der Waals surface area contributed by atoms with Gasteiger partial charge in [-0.3, -0.25) is 0 Å². The zero-order valence-corrected chi connectivity index (χ0v) is 9.08. The van der Waals surface area contributed by atoms with E-state index in [1.807, 2.05) is 5.38 Å². The molecule has 0 aliphatic rings. The molecule has 3 heteroatoms. The van der Waals surface area contributed by atoms with E-state index in [0.717, 1.165) is 11.3 Å². The molecule has 0 amide bonds. The second-order valence-corrected chi connectivity index (χ2v) is 4.18. The van der Waals surface area contributed by atoms with Crippen molar-refractivity contribution >= 4 is 22.2 Å². The van der Waals surface area contributed by atoms with Crippen molar-refractivity contribution in [2.75, 3.05) is 0 Å². The van der Waals surface area contributed by atoms with Crippen LogP contribution in [0.25, 0.3) is 22.2 Å². The molecule has 2 aromatic heterocycles. The van der Waals surface area contributed by atoms with Gasteiger partial charge < -0.3 is 4.57 Å². The standard InChI is InChI=1S/C12H9N2S/c1-14-5-4-10-6-9(2-3-12(10)14)11-7-15-8-13-11/h2-7H,1H3. The zero-order valence-electron chi connectivity index (χ0n) is 8.27. The number of nitrogens with zero attached hydrogens (tertiary/aromatic N) is 2. The van der Waals surface area contributed by atoms with Gasteiger partial charge in [-0.15, -0.1) is 11.3 Å². The lowest BCUT2D eigenvalue weighted by Gasteiger charge is -1.99. The smallest absolute Gasteiger partial charge is 0.152 e. The van der Waals surface area contributed by atoms with Crippen molar-refractivity contribution < 1.29 is 0 Å². The van der Waals surface area contributed by atoms with Gasteiger partial charge in [-0.25, -0.2) is 4.98 Å². The molecule has 0 saturated carbocycles. The van der Waals surface area contributed by atoms with Crippen molar-refractivity contribution in [1.82, 2.24) is 9.55 Å².